The van der Waals surface area contributed by atoms with Gasteiger partial charge in [-0.1, -0.05) is 96.5 Å². The van der Waals surface area contributed by atoms with Gasteiger partial charge in [-0.3, -0.25) is 4.57 Å². The van der Waals surface area contributed by atoms with Crippen LogP contribution in [0.3, 0.4) is 0 Å². The maximum Gasteiger partial charge on any atom is 0.162 e. The van der Waals surface area contributed by atoms with Crippen LogP contribution < -0.4 is 5.46 Å². The van der Waals surface area contributed by atoms with Crippen molar-refractivity contribution in [2.45, 2.75) is 0 Å². The number of para-hydroxylation sites is 1. The third-order valence-electron chi connectivity index (χ3n) is 5.95. The molecule has 0 N–H and O–H groups in total. The van der Waals surface area contributed by atoms with E-state index < -0.39 is 0 Å². The monoisotopic (exact) mass is 409 g/mol. The van der Waals surface area contributed by atoms with Gasteiger partial charge >= 0.3 is 0 Å². The second-order valence-electron chi connectivity index (χ2n) is 7.99. The fourth-order valence-corrected chi connectivity index (χ4v) is 4.47. The van der Waals surface area contributed by atoms with Crippen molar-refractivity contribution in [1.29, 1.82) is 0 Å². The van der Waals surface area contributed by atoms with E-state index in [0.29, 0.717) is 0 Å². The second-order valence-corrected chi connectivity index (χ2v) is 7.99. The molecule has 6 rings (SSSR count). The third kappa shape index (κ3) is 3.00. The Balaban J connectivity index is 1.71. The van der Waals surface area contributed by atoms with Gasteiger partial charge in [-0.2, -0.15) is 0 Å². The molecule has 0 bridgehead atoms. The minimum absolute atomic E-state index is 0.723. The average Bonchev–Trinajstić information content (AvgIpc) is 3.20. The molecule has 0 amide bonds. The lowest BCUT2D eigenvalue weighted by Crippen LogP contribution is -2.04. The Morgan fingerprint density at radius 3 is 2.03 bits per heavy atom. The first-order valence-corrected chi connectivity index (χ1v) is 10.8. The van der Waals surface area contributed by atoms with Crippen molar-refractivity contribution >= 4 is 35.1 Å². The Hall–Kier alpha value is -4.18. The normalized spacial score (nSPS) is 11.2. The Labute approximate surface area is 187 Å². The summed E-state index contributed by atoms with van der Waals surface area (Å²) in [6.45, 7) is 0. The molecule has 0 atom stereocenters. The lowest BCUT2D eigenvalue weighted by atomic mass is 9.91. The molecule has 2 heterocycles. The summed E-state index contributed by atoms with van der Waals surface area (Å²) in [5.74, 6) is 1.59. The Kier molecular flexibility index (Phi) is 4.36. The molecule has 0 unspecified atom stereocenters. The number of benzene rings is 4. The van der Waals surface area contributed by atoms with Crippen molar-refractivity contribution in [2.24, 2.45) is 0 Å². The molecule has 0 radical (unpaired) electrons. The van der Waals surface area contributed by atoms with Crippen LogP contribution in [-0.4, -0.2) is 22.4 Å². The maximum absolute atomic E-state index is 5.05. The van der Waals surface area contributed by atoms with E-state index >= 15 is 0 Å². The quantitative estimate of drug-likeness (QED) is 0.378. The standard InChI is InChI=1S/C28H20BN3/c29-22-15-9-17-25-27(22)21-14-7-8-16-24(21)32(25)26-18-23(19-10-3-1-4-11-19)30-28(31-26)20-12-5-2-6-13-20/h1-18H,29H2. The third-order valence-corrected chi connectivity index (χ3v) is 5.95. The number of fused-ring (bicyclic) bond motifs is 3. The minimum Gasteiger partial charge on any atom is -0.294 e. The fourth-order valence-electron chi connectivity index (χ4n) is 4.47. The zero-order valence-corrected chi connectivity index (χ0v) is 17.7. The summed E-state index contributed by atoms with van der Waals surface area (Å²) < 4.78 is 2.26. The lowest BCUT2D eigenvalue weighted by molar-refractivity contribution is 1.05. The van der Waals surface area contributed by atoms with Gasteiger partial charge in [-0.15, -0.1) is 0 Å². The van der Waals surface area contributed by atoms with E-state index in [9.17, 15) is 0 Å². The molecule has 0 aliphatic rings. The molecule has 150 valence electrons. The van der Waals surface area contributed by atoms with Gasteiger partial charge in [0.2, 0.25) is 0 Å². The van der Waals surface area contributed by atoms with Crippen LogP contribution in [-0.2, 0) is 0 Å². The Morgan fingerprint density at radius 1 is 0.594 bits per heavy atom. The van der Waals surface area contributed by atoms with Gasteiger partial charge in [-0.05, 0) is 12.1 Å². The van der Waals surface area contributed by atoms with Crippen molar-refractivity contribution in [3.05, 3.63) is 109 Å². The molecule has 3 nitrogen and oxygen atoms in total. The topological polar surface area (TPSA) is 30.7 Å². The smallest absolute Gasteiger partial charge is 0.162 e. The summed E-state index contributed by atoms with van der Waals surface area (Å²) >= 11 is 0. The molecule has 32 heavy (non-hydrogen) atoms. The summed E-state index contributed by atoms with van der Waals surface area (Å²) in [5.41, 5.74) is 6.55. The average molecular weight is 409 g/mol. The van der Waals surface area contributed by atoms with Gasteiger partial charge in [0, 0.05) is 28.0 Å². The summed E-state index contributed by atoms with van der Waals surface area (Å²) in [5, 5.41) is 2.51. The van der Waals surface area contributed by atoms with E-state index in [0.717, 1.165) is 39.5 Å². The number of rotatable bonds is 3. The number of hydrogen-bond acceptors (Lipinski definition) is 2. The van der Waals surface area contributed by atoms with E-state index in [1.54, 1.807) is 0 Å². The molecular weight excluding hydrogens is 389 g/mol. The van der Waals surface area contributed by atoms with E-state index in [-0.39, 0.29) is 0 Å². The molecule has 2 aromatic heterocycles. The van der Waals surface area contributed by atoms with Crippen LogP contribution in [0.15, 0.2) is 109 Å². The highest BCUT2D eigenvalue weighted by atomic mass is 15.1. The van der Waals surface area contributed by atoms with Crippen LogP contribution in [0.4, 0.5) is 0 Å². The second kappa shape index (κ2) is 7.50. The van der Waals surface area contributed by atoms with Gasteiger partial charge in [-0.25, -0.2) is 9.97 Å². The molecule has 0 aliphatic carbocycles. The number of nitrogens with zero attached hydrogens (tertiary/aromatic N) is 3. The van der Waals surface area contributed by atoms with Crippen molar-refractivity contribution in [3.63, 3.8) is 0 Å². The summed E-state index contributed by atoms with van der Waals surface area (Å²) in [4.78, 5) is 9.99. The molecule has 0 saturated carbocycles. The SMILES string of the molecule is Bc1cccc2c1c1ccccc1n2-c1cc(-c2ccccc2)nc(-c2ccccc2)n1. The Bertz CT molecular complexity index is 1510. The van der Waals surface area contributed by atoms with Crippen molar-refractivity contribution < 1.29 is 0 Å². The van der Waals surface area contributed by atoms with E-state index in [1.165, 1.54) is 16.2 Å². The van der Waals surface area contributed by atoms with E-state index in [1.807, 2.05) is 36.4 Å². The summed E-state index contributed by atoms with van der Waals surface area (Å²) in [6, 6.07) is 37.6. The van der Waals surface area contributed by atoms with Crippen LogP contribution in [0, 0.1) is 0 Å². The zero-order valence-electron chi connectivity index (χ0n) is 17.7. The fraction of sp³-hybridized carbons (Fsp3) is 0. The van der Waals surface area contributed by atoms with Crippen molar-refractivity contribution in [1.82, 2.24) is 14.5 Å². The highest BCUT2D eigenvalue weighted by Crippen LogP contribution is 2.32. The van der Waals surface area contributed by atoms with Gasteiger partial charge < -0.3 is 0 Å². The van der Waals surface area contributed by atoms with Crippen LogP contribution >= 0.6 is 0 Å². The summed E-state index contributed by atoms with van der Waals surface area (Å²) in [7, 11) is 2.17. The van der Waals surface area contributed by atoms with Gasteiger partial charge in [0.05, 0.1) is 16.7 Å². The number of aromatic nitrogens is 3. The first-order valence-electron chi connectivity index (χ1n) is 10.8. The summed E-state index contributed by atoms with van der Waals surface area (Å²) in [6.07, 6.45) is 0. The largest absolute Gasteiger partial charge is 0.294 e. The number of hydrogen-bond donors (Lipinski definition) is 0. The highest BCUT2D eigenvalue weighted by Gasteiger charge is 2.16. The molecule has 0 saturated heterocycles. The van der Waals surface area contributed by atoms with E-state index in [4.69, 9.17) is 9.97 Å². The molecule has 4 aromatic carbocycles. The van der Waals surface area contributed by atoms with Crippen molar-refractivity contribution in [2.75, 3.05) is 0 Å². The van der Waals surface area contributed by atoms with Gasteiger partial charge in [0.1, 0.15) is 13.7 Å². The lowest BCUT2D eigenvalue weighted by Gasteiger charge is -2.12. The Morgan fingerprint density at radius 2 is 1.25 bits per heavy atom. The molecule has 0 fully saturated rings. The molecule has 4 heteroatoms. The van der Waals surface area contributed by atoms with Gasteiger partial charge in [0.25, 0.3) is 0 Å². The maximum atomic E-state index is 5.05. The van der Waals surface area contributed by atoms with Crippen LogP contribution in [0.5, 0.6) is 0 Å². The highest BCUT2D eigenvalue weighted by molar-refractivity contribution is 6.41. The first kappa shape index (κ1) is 18.6. The zero-order chi connectivity index (χ0) is 21.5. The molecule has 0 aliphatic heterocycles. The van der Waals surface area contributed by atoms with Gasteiger partial charge in [0.15, 0.2) is 5.82 Å². The predicted octanol–water partition coefficient (Wildman–Crippen LogP) is 5.17. The molecular formula is C28H20BN3. The van der Waals surface area contributed by atoms with Crippen LogP contribution in [0.25, 0.3) is 50.3 Å². The van der Waals surface area contributed by atoms with E-state index in [2.05, 4.69) is 85.2 Å². The minimum atomic E-state index is 0.723. The first-order chi connectivity index (χ1) is 15.8. The molecule has 0 spiro atoms. The van der Waals surface area contributed by atoms with Crippen LogP contribution in [0.1, 0.15) is 0 Å². The molecule has 6 aromatic rings. The van der Waals surface area contributed by atoms with Crippen LogP contribution in [0.2, 0.25) is 0 Å². The van der Waals surface area contributed by atoms with Crippen molar-refractivity contribution in [3.8, 4) is 28.5 Å². The predicted molar refractivity (Wildman–Crippen MR) is 135 cm³/mol.